The van der Waals surface area contributed by atoms with Crippen LogP contribution in [0.15, 0.2) is 54.7 Å². The third-order valence-electron chi connectivity index (χ3n) is 8.05. The number of hydrogen-bond donors (Lipinski definition) is 2. The predicted molar refractivity (Wildman–Crippen MR) is 126 cm³/mol. The van der Waals surface area contributed by atoms with Crippen LogP contribution in [0, 0.1) is 29.0 Å². The van der Waals surface area contributed by atoms with Crippen molar-refractivity contribution in [3.63, 3.8) is 0 Å². The molecule has 2 N–H and O–H groups in total. The Morgan fingerprint density at radius 1 is 0.939 bits per heavy atom. The van der Waals surface area contributed by atoms with Gasteiger partial charge in [-0.15, -0.1) is 0 Å². The second kappa shape index (κ2) is 7.72. The number of nitrogens with one attached hydrogen (secondary N) is 2. The van der Waals surface area contributed by atoms with Gasteiger partial charge in [-0.3, -0.25) is 9.36 Å². The molecule has 0 saturated heterocycles. The minimum Gasteiger partial charge on any atom is -0.337 e. The number of amides is 2. The van der Waals surface area contributed by atoms with E-state index in [9.17, 15) is 14.0 Å². The van der Waals surface area contributed by atoms with Gasteiger partial charge in [0, 0.05) is 29.4 Å². The molecule has 33 heavy (non-hydrogen) atoms. The molecule has 0 radical (unpaired) electrons. The van der Waals surface area contributed by atoms with Crippen LogP contribution in [0.5, 0.6) is 0 Å². The van der Waals surface area contributed by atoms with Crippen molar-refractivity contribution in [1.29, 1.82) is 0 Å². The molecule has 0 spiro atoms. The maximum atomic E-state index is 13.2. The summed E-state index contributed by atoms with van der Waals surface area (Å²) in [7, 11) is 0. The fourth-order valence-electron chi connectivity index (χ4n) is 7.08. The maximum absolute atomic E-state index is 13.2. The molecule has 4 fully saturated rings. The first-order chi connectivity index (χ1) is 16.0. The van der Waals surface area contributed by atoms with E-state index < -0.39 is 0 Å². The van der Waals surface area contributed by atoms with Crippen LogP contribution >= 0.6 is 0 Å². The minimum atomic E-state index is -0.374. The van der Waals surface area contributed by atoms with Gasteiger partial charge in [0.05, 0.1) is 5.52 Å². The maximum Gasteiger partial charge on any atom is 0.319 e. The first-order valence-electron chi connectivity index (χ1n) is 11.9. The monoisotopic (exact) mass is 445 g/mol. The van der Waals surface area contributed by atoms with Crippen molar-refractivity contribution in [3.8, 4) is 0 Å². The highest BCUT2D eigenvalue weighted by Gasteiger charge is 2.50. The summed E-state index contributed by atoms with van der Waals surface area (Å²) in [6.07, 6.45) is 9.69. The number of urea groups is 1. The van der Waals surface area contributed by atoms with Gasteiger partial charge < -0.3 is 10.6 Å². The Balaban J connectivity index is 1.12. The van der Waals surface area contributed by atoms with Crippen LogP contribution in [0.3, 0.4) is 0 Å². The van der Waals surface area contributed by atoms with Gasteiger partial charge in [0.25, 0.3) is 5.91 Å². The first kappa shape index (κ1) is 20.5. The quantitative estimate of drug-likeness (QED) is 0.533. The van der Waals surface area contributed by atoms with Crippen LogP contribution in [0.1, 0.15) is 48.9 Å². The number of hydrogen-bond acceptors (Lipinski definition) is 2. The number of nitrogens with zero attached hydrogens (tertiary/aromatic N) is 1. The van der Waals surface area contributed by atoms with Crippen LogP contribution < -0.4 is 10.6 Å². The van der Waals surface area contributed by atoms with Crippen molar-refractivity contribution < 1.29 is 14.0 Å². The highest BCUT2D eigenvalue weighted by Crippen LogP contribution is 2.59. The van der Waals surface area contributed by atoms with Crippen LogP contribution in [-0.4, -0.2) is 23.1 Å². The normalized spacial score (nSPS) is 27.6. The molecule has 4 aliphatic rings. The van der Waals surface area contributed by atoms with Gasteiger partial charge >= 0.3 is 6.03 Å². The molecule has 6 heteroatoms. The fraction of sp³-hybridized carbons (Fsp3) is 0.407. The molecule has 5 nitrogen and oxygen atoms in total. The van der Waals surface area contributed by atoms with E-state index in [0.29, 0.717) is 16.7 Å². The Labute approximate surface area is 192 Å². The van der Waals surface area contributed by atoms with E-state index in [0.717, 1.165) is 35.2 Å². The largest absolute Gasteiger partial charge is 0.337 e. The topological polar surface area (TPSA) is 63.1 Å². The highest BCUT2D eigenvalue weighted by molar-refractivity contribution is 6.03. The molecule has 4 aliphatic carbocycles. The summed E-state index contributed by atoms with van der Waals surface area (Å²) in [6, 6.07) is 12.7. The highest BCUT2D eigenvalue weighted by atomic mass is 19.1. The molecule has 1 heterocycles. The van der Waals surface area contributed by atoms with Gasteiger partial charge in [0.2, 0.25) is 0 Å². The molecule has 4 saturated carbocycles. The zero-order valence-electron chi connectivity index (χ0n) is 18.5. The van der Waals surface area contributed by atoms with Crippen molar-refractivity contribution in [2.45, 2.75) is 38.5 Å². The lowest BCUT2D eigenvalue weighted by Gasteiger charge is -2.56. The van der Waals surface area contributed by atoms with Crippen LogP contribution in [0.4, 0.5) is 14.9 Å². The van der Waals surface area contributed by atoms with Crippen LogP contribution in [-0.2, 0) is 0 Å². The van der Waals surface area contributed by atoms with E-state index >= 15 is 0 Å². The summed E-state index contributed by atoms with van der Waals surface area (Å²) in [5.41, 5.74) is 2.15. The van der Waals surface area contributed by atoms with Crippen molar-refractivity contribution >= 4 is 28.5 Å². The van der Waals surface area contributed by atoms with E-state index in [4.69, 9.17) is 0 Å². The molecule has 0 atom stereocenters. The SMILES string of the molecule is O=C(NCC12CC3CC(CC(C3)C1)C2)Nc1ccc2c(ccn2C(=O)c2ccc(F)cc2)c1. The van der Waals surface area contributed by atoms with Crippen LogP contribution in [0.25, 0.3) is 10.9 Å². The molecule has 4 bridgehead atoms. The summed E-state index contributed by atoms with van der Waals surface area (Å²) in [5.74, 6) is 2.00. The Morgan fingerprint density at radius 2 is 1.61 bits per heavy atom. The Kier molecular flexibility index (Phi) is 4.78. The number of aromatic nitrogens is 1. The van der Waals surface area contributed by atoms with E-state index in [1.807, 2.05) is 18.2 Å². The molecule has 170 valence electrons. The average molecular weight is 446 g/mol. The number of rotatable bonds is 4. The lowest BCUT2D eigenvalue weighted by Crippen LogP contribution is -2.51. The van der Waals surface area contributed by atoms with Crippen molar-refractivity contribution in [3.05, 3.63) is 66.1 Å². The summed E-state index contributed by atoms with van der Waals surface area (Å²) in [6.45, 7) is 0.757. The van der Waals surface area contributed by atoms with Crippen molar-refractivity contribution in [2.75, 3.05) is 11.9 Å². The standard InChI is InChI=1S/C27H28FN3O2/c28-22-3-1-20(2-4-22)25(32)31-8-7-21-12-23(5-6-24(21)31)30-26(33)29-16-27-13-17-9-18(14-27)11-19(10-17)15-27/h1-8,12,17-19H,9-11,13-16H2,(H2,29,30,33). The van der Waals surface area contributed by atoms with Crippen molar-refractivity contribution in [1.82, 2.24) is 9.88 Å². The van der Waals surface area contributed by atoms with Gasteiger partial charge in [0.15, 0.2) is 0 Å². The number of carbonyl (C=O) groups is 2. The van der Waals surface area contributed by atoms with E-state index in [2.05, 4.69) is 10.6 Å². The van der Waals surface area contributed by atoms with Gasteiger partial charge in [-0.05, 0) is 110 Å². The Morgan fingerprint density at radius 3 is 2.27 bits per heavy atom. The van der Waals surface area contributed by atoms with Gasteiger partial charge in [-0.1, -0.05) is 0 Å². The smallest absolute Gasteiger partial charge is 0.319 e. The van der Waals surface area contributed by atoms with E-state index in [-0.39, 0.29) is 17.8 Å². The summed E-state index contributed by atoms with van der Waals surface area (Å²) in [4.78, 5) is 25.5. The molecular formula is C27H28FN3O2. The predicted octanol–water partition coefficient (Wildman–Crippen LogP) is 5.81. The fourth-order valence-corrected chi connectivity index (χ4v) is 7.08. The van der Waals surface area contributed by atoms with Gasteiger partial charge in [0.1, 0.15) is 5.82 Å². The zero-order chi connectivity index (χ0) is 22.6. The Hall–Kier alpha value is -3.15. The number of carbonyl (C=O) groups excluding carboxylic acids is 2. The first-order valence-corrected chi connectivity index (χ1v) is 11.9. The summed E-state index contributed by atoms with van der Waals surface area (Å²) < 4.78 is 14.7. The number of halogens is 1. The second-order valence-electron chi connectivity index (χ2n) is 10.5. The van der Waals surface area contributed by atoms with Crippen LogP contribution in [0.2, 0.25) is 0 Å². The molecule has 0 aliphatic heterocycles. The number of fused-ring (bicyclic) bond motifs is 1. The minimum absolute atomic E-state index is 0.174. The molecule has 7 rings (SSSR count). The van der Waals surface area contributed by atoms with Crippen molar-refractivity contribution in [2.24, 2.45) is 23.2 Å². The molecule has 2 amide bonds. The molecule has 3 aromatic rings. The summed E-state index contributed by atoms with van der Waals surface area (Å²) >= 11 is 0. The lowest BCUT2D eigenvalue weighted by atomic mass is 9.49. The Bertz CT molecular complexity index is 1190. The van der Waals surface area contributed by atoms with E-state index in [1.54, 1.807) is 16.8 Å². The van der Waals surface area contributed by atoms with Gasteiger partial charge in [-0.25, -0.2) is 9.18 Å². The lowest BCUT2D eigenvalue weighted by molar-refractivity contribution is -0.0496. The molecule has 1 aromatic heterocycles. The second-order valence-corrected chi connectivity index (χ2v) is 10.5. The molecule has 0 unspecified atom stereocenters. The zero-order valence-corrected chi connectivity index (χ0v) is 18.5. The average Bonchev–Trinajstić information content (AvgIpc) is 3.20. The third-order valence-corrected chi connectivity index (χ3v) is 8.05. The third kappa shape index (κ3) is 3.81. The molecule has 2 aromatic carbocycles. The number of anilines is 1. The molecular weight excluding hydrogens is 417 g/mol. The van der Waals surface area contributed by atoms with Gasteiger partial charge in [-0.2, -0.15) is 0 Å². The number of benzene rings is 2. The summed E-state index contributed by atoms with van der Waals surface area (Å²) in [5, 5.41) is 6.95. The van der Waals surface area contributed by atoms with E-state index in [1.165, 1.54) is 62.8 Å².